The predicted molar refractivity (Wildman–Crippen MR) is 90.3 cm³/mol. The van der Waals surface area contributed by atoms with Crippen LogP contribution >= 0.6 is 11.6 Å². The minimum absolute atomic E-state index is 0.0891. The fraction of sp³-hybridized carbons (Fsp3) is 0.556. The number of carbonyl (C=O) groups is 2. The zero-order chi connectivity index (χ0) is 17.7. The zero-order valence-corrected chi connectivity index (χ0v) is 14.8. The van der Waals surface area contributed by atoms with Crippen LogP contribution in [0.25, 0.3) is 0 Å². The van der Waals surface area contributed by atoms with Gasteiger partial charge in [-0.1, -0.05) is 24.6 Å². The normalized spacial score (nSPS) is 20.5. The van der Waals surface area contributed by atoms with Crippen molar-refractivity contribution in [2.24, 2.45) is 5.92 Å². The molecular weight excluding hydrogens is 333 g/mol. The molecule has 4 nitrogen and oxygen atoms in total. The maximum atomic E-state index is 13.6. The summed E-state index contributed by atoms with van der Waals surface area (Å²) in [5.41, 5.74) is 0.0891. The molecule has 0 saturated heterocycles. The van der Waals surface area contributed by atoms with Crippen LogP contribution in [-0.2, 0) is 20.7 Å². The Kier molecular flexibility index (Phi) is 6.60. The number of carbonyl (C=O) groups excluding carboxylic acids is 2. The first kappa shape index (κ1) is 18.7. The highest BCUT2D eigenvalue weighted by atomic mass is 35.5. The smallest absolute Gasteiger partial charge is 0.310 e. The maximum absolute atomic E-state index is 13.6. The van der Waals surface area contributed by atoms with Crippen molar-refractivity contribution in [1.82, 2.24) is 4.90 Å². The van der Waals surface area contributed by atoms with Crippen molar-refractivity contribution in [3.05, 3.63) is 34.6 Å². The summed E-state index contributed by atoms with van der Waals surface area (Å²) in [5.74, 6) is -0.754. The average Bonchev–Trinajstić information content (AvgIpc) is 2.56. The number of rotatable bonds is 5. The largest absolute Gasteiger partial charge is 0.455 e. The lowest BCUT2D eigenvalue weighted by atomic mass is 9.87. The van der Waals surface area contributed by atoms with Gasteiger partial charge in [0.15, 0.2) is 6.61 Å². The quantitative estimate of drug-likeness (QED) is 0.758. The SMILES string of the molecule is CC1CCC(N(C)C(=O)COC(=O)Cc2c(F)cccc2Cl)CC1. The van der Waals surface area contributed by atoms with Gasteiger partial charge < -0.3 is 9.64 Å². The lowest BCUT2D eigenvalue weighted by Gasteiger charge is -2.33. The summed E-state index contributed by atoms with van der Waals surface area (Å²) in [6, 6.07) is 4.41. The number of amides is 1. The molecule has 1 aliphatic carbocycles. The summed E-state index contributed by atoms with van der Waals surface area (Å²) >= 11 is 5.88. The Morgan fingerprint density at radius 3 is 2.58 bits per heavy atom. The van der Waals surface area contributed by atoms with Crippen molar-refractivity contribution in [2.45, 2.75) is 45.1 Å². The van der Waals surface area contributed by atoms with Gasteiger partial charge in [-0.25, -0.2) is 4.39 Å². The first-order chi connectivity index (χ1) is 11.4. The summed E-state index contributed by atoms with van der Waals surface area (Å²) in [6.45, 7) is 1.89. The lowest BCUT2D eigenvalue weighted by Crippen LogP contribution is -2.41. The van der Waals surface area contributed by atoms with Gasteiger partial charge in [0.25, 0.3) is 5.91 Å². The predicted octanol–water partition coefficient (Wildman–Crippen LogP) is 3.60. The van der Waals surface area contributed by atoms with Crippen molar-refractivity contribution in [3.63, 3.8) is 0 Å². The van der Waals surface area contributed by atoms with E-state index in [1.807, 2.05) is 0 Å². The van der Waals surface area contributed by atoms with Crippen molar-refractivity contribution in [3.8, 4) is 0 Å². The molecule has 0 heterocycles. The molecule has 0 aliphatic heterocycles. The number of hydrogen-bond acceptors (Lipinski definition) is 3. The van der Waals surface area contributed by atoms with Crippen molar-refractivity contribution < 1.29 is 18.7 Å². The Morgan fingerprint density at radius 2 is 1.96 bits per heavy atom. The van der Waals surface area contributed by atoms with Crippen LogP contribution in [0.4, 0.5) is 4.39 Å². The molecule has 0 atom stereocenters. The molecule has 0 N–H and O–H groups in total. The van der Waals surface area contributed by atoms with Crippen LogP contribution in [0.5, 0.6) is 0 Å². The van der Waals surface area contributed by atoms with Gasteiger partial charge in [0.2, 0.25) is 0 Å². The minimum atomic E-state index is -0.666. The molecule has 2 rings (SSSR count). The Bertz CT molecular complexity index is 580. The van der Waals surface area contributed by atoms with E-state index in [0.717, 1.165) is 25.7 Å². The fourth-order valence-corrected chi connectivity index (χ4v) is 3.20. The van der Waals surface area contributed by atoms with Crippen LogP contribution in [0.15, 0.2) is 18.2 Å². The standard InChI is InChI=1S/C18H23ClFNO3/c1-12-6-8-13(9-7-12)21(2)17(22)11-24-18(23)10-14-15(19)4-3-5-16(14)20/h3-5,12-13H,6-11H2,1-2H3. The van der Waals surface area contributed by atoms with E-state index in [2.05, 4.69) is 6.92 Å². The molecule has 0 spiro atoms. The summed E-state index contributed by atoms with van der Waals surface area (Å²) in [6.07, 6.45) is 3.87. The van der Waals surface area contributed by atoms with E-state index in [1.54, 1.807) is 11.9 Å². The second kappa shape index (κ2) is 8.47. The first-order valence-electron chi connectivity index (χ1n) is 8.22. The Labute approximate surface area is 146 Å². The van der Waals surface area contributed by atoms with Gasteiger partial charge in [-0.3, -0.25) is 9.59 Å². The van der Waals surface area contributed by atoms with Crippen molar-refractivity contribution >= 4 is 23.5 Å². The van der Waals surface area contributed by atoms with E-state index in [4.69, 9.17) is 16.3 Å². The Hall–Kier alpha value is -1.62. The molecular formula is C18H23ClFNO3. The van der Waals surface area contributed by atoms with Crippen molar-refractivity contribution in [1.29, 1.82) is 0 Å². The third-order valence-corrected chi connectivity index (χ3v) is 5.02. The van der Waals surface area contributed by atoms with Crippen LogP contribution in [0.3, 0.4) is 0 Å². The molecule has 0 unspecified atom stereocenters. The van der Waals surface area contributed by atoms with Crippen LogP contribution < -0.4 is 0 Å². The molecule has 1 saturated carbocycles. The second-order valence-corrected chi connectivity index (χ2v) is 6.86. The van der Waals surface area contributed by atoms with Gasteiger partial charge >= 0.3 is 5.97 Å². The van der Waals surface area contributed by atoms with Crippen molar-refractivity contribution in [2.75, 3.05) is 13.7 Å². The highest BCUT2D eigenvalue weighted by Gasteiger charge is 2.25. The topological polar surface area (TPSA) is 46.6 Å². The number of halogens is 2. The molecule has 0 radical (unpaired) electrons. The average molecular weight is 356 g/mol. The molecule has 6 heteroatoms. The number of ether oxygens (including phenoxy) is 1. The van der Waals surface area contributed by atoms with Crippen LogP contribution in [-0.4, -0.2) is 36.5 Å². The number of hydrogen-bond donors (Lipinski definition) is 0. The molecule has 1 aromatic rings. The number of nitrogens with zero attached hydrogens (tertiary/aromatic N) is 1. The molecule has 0 bridgehead atoms. The monoisotopic (exact) mass is 355 g/mol. The first-order valence-corrected chi connectivity index (χ1v) is 8.60. The summed E-state index contributed by atoms with van der Waals surface area (Å²) in [4.78, 5) is 25.7. The van der Waals surface area contributed by atoms with Gasteiger partial charge in [-0.15, -0.1) is 0 Å². The molecule has 132 valence electrons. The zero-order valence-electron chi connectivity index (χ0n) is 14.1. The highest BCUT2D eigenvalue weighted by Crippen LogP contribution is 2.26. The number of esters is 1. The van der Waals surface area contributed by atoms with E-state index < -0.39 is 11.8 Å². The molecule has 1 amide bonds. The van der Waals surface area contributed by atoms with E-state index in [0.29, 0.717) is 5.92 Å². The maximum Gasteiger partial charge on any atom is 0.310 e. The number of benzene rings is 1. The number of likely N-dealkylation sites (N-methyl/N-ethyl adjacent to an activating group) is 1. The summed E-state index contributed by atoms with van der Waals surface area (Å²) < 4.78 is 18.6. The van der Waals surface area contributed by atoms with Gasteiger partial charge in [0.1, 0.15) is 5.82 Å². The van der Waals surface area contributed by atoms with E-state index in [9.17, 15) is 14.0 Å². The lowest BCUT2D eigenvalue weighted by molar-refractivity contribution is -0.152. The summed E-state index contributed by atoms with van der Waals surface area (Å²) in [7, 11) is 1.74. The highest BCUT2D eigenvalue weighted by molar-refractivity contribution is 6.31. The molecule has 1 aliphatic rings. The molecule has 1 fully saturated rings. The second-order valence-electron chi connectivity index (χ2n) is 6.46. The minimum Gasteiger partial charge on any atom is -0.455 e. The van der Waals surface area contributed by atoms with Gasteiger partial charge in [0.05, 0.1) is 6.42 Å². The van der Waals surface area contributed by atoms with Gasteiger partial charge in [-0.2, -0.15) is 0 Å². The van der Waals surface area contributed by atoms with E-state index in [1.165, 1.54) is 18.2 Å². The molecule has 0 aromatic heterocycles. The van der Waals surface area contributed by atoms with Crippen LogP contribution in [0.1, 0.15) is 38.2 Å². The molecule has 24 heavy (non-hydrogen) atoms. The molecule has 1 aromatic carbocycles. The fourth-order valence-electron chi connectivity index (χ4n) is 2.97. The Morgan fingerprint density at radius 1 is 1.29 bits per heavy atom. The van der Waals surface area contributed by atoms with E-state index >= 15 is 0 Å². The van der Waals surface area contributed by atoms with Crippen LogP contribution in [0, 0.1) is 11.7 Å². The summed E-state index contributed by atoms with van der Waals surface area (Å²) in [5, 5.41) is 0.173. The van der Waals surface area contributed by atoms with Crippen LogP contribution in [0.2, 0.25) is 5.02 Å². The van der Waals surface area contributed by atoms with Gasteiger partial charge in [-0.05, 0) is 43.7 Å². The van der Waals surface area contributed by atoms with E-state index in [-0.39, 0.29) is 35.6 Å². The third-order valence-electron chi connectivity index (χ3n) is 4.67. The Balaban J connectivity index is 1.81. The van der Waals surface area contributed by atoms with Gasteiger partial charge in [0, 0.05) is 23.7 Å². The third kappa shape index (κ3) is 4.94.